The van der Waals surface area contributed by atoms with E-state index >= 15 is 0 Å². The number of oxazole rings is 1. The van der Waals surface area contributed by atoms with Crippen molar-refractivity contribution in [3.8, 4) is 0 Å². The van der Waals surface area contributed by atoms with Gasteiger partial charge in [-0.1, -0.05) is 5.16 Å². The Morgan fingerprint density at radius 3 is 2.68 bits per heavy atom. The normalized spacial score (nSPS) is 25.4. The minimum atomic E-state index is -3.75. The lowest BCUT2D eigenvalue weighted by atomic mass is 10.3. The topological polar surface area (TPSA) is 112 Å². The lowest BCUT2D eigenvalue weighted by molar-refractivity contribution is -0.0202. The minimum Gasteiger partial charge on any atom is -0.428 e. The zero-order valence-electron chi connectivity index (χ0n) is 13.5. The summed E-state index contributed by atoms with van der Waals surface area (Å²) in [6, 6.07) is 0. The molecule has 0 amide bonds. The Hall–Kier alpha value is -1.78. The first-order valence-electron chi connectivity index (χ1n) is 8.52. The molecule has 1 saturated heterocycles. The summed E-state index contributed by atoms with van der Waals surface area (Å²) in [5, 5.41) is 3.85. The van der Waals surface area contributed by atoms with Gasteiger partial charge in [0.25, 0.3) is 21.0 Å². The van der Waals surface area contributed by atoms with Gasteiger partial charge in [0.1, 0.15) is 0 Å². The first-order valence-corrected chi connectivity index (χ1v) is 9.96. The van der Waals surface area contributed by atoms with Gasteiger partial charge in [0, 0.05) is 24.9 Å². The van der Waals surface area contributed by atoms with Gasteiger partial charge in [-0.3, -0.25) is 0 Å². The van der Waals surface area contributed by atoms with Gasteiger partial charge in [-0.05, 0) is 25.7 Å². The van der Waals surface area contributed by atoms with Crippen LogP contribution in [0, 0.1) is 0 Å². The van der Waals surface area contributed by atoms with Crippen LogP contribution in [-0.2, 0) is 14.8 Å². The Balaban J connectivity index is 1.35. The largest absolute Gasteiger partial charge is 0.428 e. The van der Waals surface area contributed by atoms with Crippen molar-refractivity contribution in [3.05, 3.63) is 23.8 Å². The van der Waals surface area contributed by atoms with E-state index in [1.165, 1.54) is 10.5 Å². The van der Waals surface area contributed by atoms with Gasteiger partial charge in [-0.25, -0.2) is 13.4 Å². The quantitative estimate of drug-likeness (QED) is 0.784. The average Bonchev–Trinajstić information content (AvgIpc) is 3.56. The van der Waals surface area contributed by atoms with Crippen LogP contribution in [0.15, 0.2) is 20.2 Å². The fraction of sp³-hybridized carbons (Fsp3) is 0.667. The summed E-state index contributed by atoms with van der Waals surface area (Å²) in [5.74, 6) is 2.16. The van der Waals surface area contributed by atoms with Crippen LogP contribution in [0.5, 0.6) is 0 Å². The Morgan fingerprint density at radius 1 is 1.12 bits per heavy atom. The van der Waals surface area contributed by atoms with Crippen LogP contribution in [0.3, 0.4) is 0 Å². The minimum absolute atomic E-state index is 0.112. The number of ether oxygens (including phenoxy) is 1. The lowest BCUT2D eigenvalue weighted by Crippen LogP contribution is -2.42. The molecule has 2 aromatic rings. The van der Waals surface area contributed by atoms with Gasteiger partial charge in [0.2, 0.25) is 0 Å². The van der Waals surface area contributed by atoms with Crippen molar-refractivity contribution >= 4 is 10.0 Å². The molecule has 0 N–H and O–H groups in total. The first-order chi connectivity index (χ1) is 12.1. The number of nitrogens with zero attached hydrogens (tertiary/aromatic N) is 4. The molecular formula is C15H18N4O5S. The number of sulfonamides is 1. The fourth-order valence-electron chi connectivity index (χ4n) is 2.92. The van der Waals surface area contributed by atoms with Crippen molar-refractivity contribution in [1.82, 2.24) is 19.4 Å². The Bertz CT molecular complexity index is 883. The highest BCUT2D eigenvalue weighted by atomic mass is 32.2. The van der Waals surface area contributed by atoms with Gasteiger partial charge in [0.15, 0.2) is 17.8 Å². The van der Waals surface area contributed by atoms with Gasteiger partial charge in [0.05, 0.1) is 12.8 Å². The molecule has 0 aromatic carbocycles. The van der Waals surface area contributed by atoms with Crippen LogP contribution < -0.4 is 0 Å². The molecule has 25 heavy (non-hydrogen) atoms. The molecule has 1 unspecified atom stereocenters. The van der Waals surface area contributed by atoms with Crippen LogP contribution in [0.4, 0.5) is 0 Å². The van der Waals surface area contributed by atoms with E-state index in [1.807, 2.05) is 0 Å². The van der Waals surface area contributed by atoms with E-state index in [2.05, 4.69) is 15.1 Å². The van der Waals surface area contributed by atoms with Crippen LogP contribution in [-0.4, -0.2) is 47.5 Å². The molecule has 3 heterocycles. The molecule has 0 bridgehead atoms. The molecule has 9 nitrogen and oxygen atoms in total. The fourth-order valence-corrected chi connectivity index (χ4v) is 4.19. The standard InChI is InChI=1S/C15H18N4O5S/c20-25(21,12-7-16-14(23-12)10-3-4-10)19-5-6-22-11(8-19)15-17-13(18-24-15)9-1-2-9/h7,9-11H,1-6,8H2. The molecule has 2 aliphatic carbocycles. The van der Waals surface area contributed by atoms with E-state index in [0.29, 0.717) is 23.5 Å². The van der Waals surface area contributed by atoms with Gasteiger partial charge in [-0.15, -0.1) is 0 Å². The second kappa shape index (κ2) is 5.61. The maximum absolute atomic E-state index is 12.8. The molecule has 5 rings (SSSR count). The molecule has 0 radical (unpaired) electrons. The molecular weight excluding hydrogens is 348 g/mol. The summed E-state index contributed by atoms with van der Waals surface area (Å²) in [7, 11) is -3.75. The molecule has 0 spiro atoms. The third kappa shape index (κ3) is 2.87. The van der Waals surface area contributed by atoms with Gasteiger partial charge < -0.3 is 13.7 Å². The van der Waals surface area contributed by atoms with E-state index in [4.69, 9.17) is 13.7 Å². The summed E-state index contributed by atoms with van der Waals surface area (Å²) in [4.78, 5) is 8.46. The molecule has 3 aliphatic rings. The third-order valence-electron chi connectivity index (χ3n) is 4.73. The number of rotatable bonds is 5. The molecule has 2 saturated carbocycles. The predicted octanol–water partition coefficient (Wildman–Crippen LogP) is 1.57. The Morgan fingerprint density at radius 2 is 1.92 bits per heavy atom. The number of aromatic nitrogens is 3. The first kappa shape index (κ1) is 15.5. The van der Waals surface area contributed by atoms with E-state index in [0.717, 1.165) is 25.7 Å². The molecule has 134 valence electrons. The molecule has 1 aliphatic heterocycles. The van der Waals surface area contributed by atoms with Crippen LogP contribution in [0.2, 0.25) is 0 Å². The summed E-state index contributed by atoms with van der Waals surface area (Å²) in [5.41, 5.74) is 0. The van der Waals surface area contributed by atoms with Crippen LogP contribution in [0.1, 0.15) is 61.2 Å². The Labute approximate surface area is 144 Å². The van der Waals surface area contributed by atoms with Crippen molar-refractivity contribution in [2.45, 2.75) is 48.7 Å². The second-order valence-electron chi connectivity index (χ2n) is 6.78. The number of hydrogen-bond donors (Lipinski definition) is 0. The highest BCUT2D eigenvalue weighted by Crippen LogP contribution is 2.40. The zero-order chi connectivity index (χ0) is 17.0. The molecule has 3 fully saturated rings. The van der Waals surface area contributed by atoms with E-state index < -0.39 is 16.1 Å². The number of morpholine rings is 1. The van der Waals surface area contributed by atoms with Crippen molar-refractivity contribution in [3.63, 3.8) is 0 Å². The highest BCUT2D eigenvalue weighted by molar-refractivity contribution is 7.89. The SMILES string of the molecule is O=S(=O)(c1cnc(C2CC2)o1)N1CCOC(c2nc(C3CC3)no2)C1. The maximum atomic E-state index is 12.8. The Kier molecular flexibility index (Phi) is 3.47. The summed E-state index contributed by atoms with van der Waals surface area (Å²) in [6.07, 6.45) is 4.87. The summed E-state index contributed by atoms with van der Waals surface area (Å²) in [6.45, 7) is 0.630. The van der Waals surface area contributed by atoms with E-state index in [-0.39, 0.29) is 30.7 Å². The lowest BCUT2D eigenvalue weighted by Gasteiger charge is -2.29. The third-order valence-corrected chi connectivity index (χ3v) is 6.44. The van der Waals surface area contributed by atoms with Crippen LogP contribution in [0.25, 0.3) is 0 Å². The van der Waals surface area contributed by atoms with Crippen molar-refractivity contribution in [1.29, 1.82) is 0 Å². The predicted molar refractivity (Wildman–Crippen MR) is 82.2 cm³/mol. The van der Waals surface area contributed by atoms with Gasteiger partial charge in [-0.2, -0.15) is 9.29 Å². The maximum Gasteiger partial charge on any atom is 0.278 e. The second-order valence-corrected chi connectivity index (χ2v) is 8.65. The molecule has 10 heteroatoms. The zero-order valence-corrected chi connectivity index (χ0v) is 14.3. The van der Waals surface area contributed by atoms with Crippen molar-refractivity contribution in [2.24, 2.45) is 0 Å². The smallest absolute Gasteiger partial charge is 0.278 e. The van der Waals surface area contributed by atoms with E-state index in [1.54, 1.807) is 0 Å². The van der Waals surface area contributed by atoms with Crippen LogP contribution >= 0.6 is 0 Å². The molecule has 2 aromatic heterocycles. The molecule has 1 atom stereocenters. The number of hydrogen-bond acceptors (Lipinski definition) is 8. The summed E-state index contributed by atoms with van der Waals surface area (Å²) < 4.78 is 43.4. The average molecular weight is 366 g/mol. The monoisotopic (exact) mass is 366 g/mol. The summed E-state index contributed by atoms with van der Waals surface area (Å²) >= 11 is 0. The van der Waals surface area contributed by atoms with Crippen molar-refractivity contribution < 1.29 is 22.1 Å². The highest BCUT2D eigenvalue weighted by Gasteiger charge is 2.38. The van der Waals surface area contributed by atoms with E-state index in [9.17, 15) is 8.42 Å². The van der Waals surface area contributed by atoms with Crippen molar-refractivity contribution in [2.75, 3.05) is 19.7 Å². The van der Waals surface area contributed by atoms with Gasteiger partial charge >= 0.3 is 0 Å².